The molecule has 120 valence electrons. The highest BCUT2D eigenvalue weighted by Crippen LogP contribution is 2.29. The van der Waals surface area contributed by atoms with Gasteiger partial charge in [0.2, 0.25) is 0 Å². The second-order valence-corrected chi connectivity index (χ2v) is 7.41. The van der Waals surface area contributed by atoms with Crippen LogP contribution in [0.25, 0.3) is 0 Å². The zero-order valence-electron chi connectivity index (χ0n) is 13.3. The van der Waals surface area contributed by atoms with Crippen molar-refractivity contribution in [2.45, 2.75) is 69.6 Å². The van der Waals surface area contributed by atoms with Crippen molar-refractivity contribution in [1.82, 2.24) is 15.1 Å². The fourth-order valence-corrected chi connectivity index (χ4v) is 3.59. The van der Waals surface area contributed by atoms with Gasteiger partial charge < -0.3 is 5.11 Å². The second-order valence-electron chi connectivity index (χ2n) is 7.41. The Morgan fingerprint density at radius 2 is 1.86 bits per heavy atom. The molecule has 0 aromatic rings. The van der Waals surface area contributed by atoms with Gasteiger partial charge in [0, 0.05) is 44.3 Å². The Labute approximate surface area is 127 Å². The molecule has 2 aliphatic carbocycles. The van der Waals surface area contributed by atoms with Gasteiger partial charge in [-0.2, -0.15) is 0 Å². The predicted octanol–water partition coefficient (Wildman–Crippen LogP) is 1.14. The number of nitrogens with zero attached hydrogens (tertiary/aromatic N) is 2. The molecule has 1 saturated heterocycles. The van der Waals surface area contributed by atoms with Crippen molar-refractivity contribution in [3.63, 3.8) is 0 Å². The Hall–Kier alpha value is -0.650. The van der Waals surface area contributed by atoms with Crippen LogP contribution in [0.2, 0.25) is 0 Å². The molecule has 2 N–H and O–H groups in total. The Kier molecular flexibility index (Phi) is 4.26. The molecule has 3 fully saturated rings. The molecule has 0 spiro atoms. The topological polar surface area (TPSA) is 55.8 Å². The molecule has 0 amide bonds. The molecule has 1 aliphatic heterocycles. The van der Waals surface area contributed by atoms with Gasteiger partial charge >= 0.3 is 5.97 Å². The molecule has 5 heteroatoms. The van der Waals surface area contributed by atoms with Gasteiger partial charge in [-0.1, -0.05) is 0 Å². The summed E-state index contributed by atoms with van der Waals surface area (Å²) in [7, 11) is 0. The van der Waals surface area contributed by atoms with Crippen LogP contribution in [0.4, 0.5) is 0 Å². The minimum Gasteiger partial charge on any atom is -0.480 e. The maximum Gasteiger partial charge on any atom is 0.323 e. The van der Waals surface area contributed by atoms with Crippen molar-refractivity contribution in [3.05, 3.63) is 0 Å². The van der Waals surface area contributed by atoms with E-state index in [1.165, 1.54) is 12.8 Å². The molecule has 1 heterocycles. The highest BCUT2D eigenvalue weighted by Gasteiger charge is 2.41. The summed E-state index contributed by atoms with van der Waals surface area (Å²) in [4.78, 5) is 16.7. The Morgan fingerprint density at radius 1 is 1.24 bits per heavy atom. The van der Waals surface area contributed by atoms with E-state index in [0.717, 1.165) is 45.1 Å². The van der Waals surface area contributed by atoms with Gasteiger partial charge in [-0.3, -0.25) is 19.9 Å². The van der Waals surface area contributed by atoms with Gasteiger partial charge in [0.15, 0.2) is 0 Å². The monoisotopic (exact) mass is 295 g/mol. The van der Waals surface area contributed by atoms with E-state index < -0.39 is 11.5 Å². The summed E-state index contributed by atoms with van der Waals surface area (Å²) in [6.45, 7) is 8.49. The number of hydrogen-bond donors (Lipinski definition) is 2. The lowest BCUT2D eigenvalue weighted by Crippen LogP contribution is -2.56. The van der Waals surface area contributed by atoms with E-state index in [-0.39, 0.29) is 0 Å². The van der Waals surface area contributed by atoms with Crippen LogP contribution >= 0.6 is 0 Å². The molecular weight excluding hydrogens is 266 g/mol. The van der Waals surface area contributed by atoms with Crippen molar-refractivity contribution in [3.8, 4) is 0 Å². The zero-order valence-corrected chi connectivity index (χ0v) is 13.3. The summed E-state index contributed by atoms with van der Waals surface area (Å²) < 4.78 is 0. The number of hydrogen-bond acceptors (Lipinski definition) is 4. The van der Waals surface area contributed by atoms with Gasteiger partial charge in [0.1, 0.15) is 5.54 Å². The van der Waals surface area contributed by atoms with Crippen LogP contribution in [-0.2, 0) is 4.79 Å². The van der Waals surface area contributed by atoms with Gasteiger partial charge in [0.25, 0.3) is 0 Å². The van der Waals surface area contributed by atoms with E-state index >= 15 is 0 Å². The van der Waals surface area contributed by atoms with Crippen molar-refractivity contribution in [2.75, 3.05) is 26.2 Å². The Balaban J connectivity index is 1.51. The molecule has 3 rings (SSSR count). The number of carboxylic acid groups (broad SMARTS) is 1. The fraction of sp³-hybridized carbons (Fsp3) is 0.938. The van der Waals surface area contributed by atoms with E-state index in [4.69, 9.17) is 0 Å². The molecule has 0 aromatic carbocycles. The van der Waals surface area contributed by atoms with Crippen molar-refractivity contribution in [2.24, 2.45) is 0 Å². The fourth-order valence-electron chi connectivity index (χ4n) is 3.59. The maximum absolute atomic E-state index is 11.7. The highest BCUT2D eigenvalue weighted by atomic mass is 16.4. The van der Waals surface area contributed by atoms with Crippen molar-refractivity contribution >= 4 is 5.97 Å². The van der Waals surface area contributed by atoms with Crippen LogP contribution in [0, 0.1) is 0 Å². The number of aliphatic carboxylic acids is 1. The number of piperazine rings is 1. The summed E-state index contributed by atoms with van der Waals surface area (Å²) in [6.07, 6.45) is 5.67. The largest absolute Gasteiger partial charge is 0.480 e. The van der Waals surface area contributed by atoms with Crippen LogP contribution in [0.5, 0.6) is 0 Å². The lowest BCUT2D eigenvalue weighted by atomic mass is 9.92. The first kappa shape index (κ1) is 15.3. The zero-order chi connectivity index (χ0) is 15.0. The van der Waals surface area contributed by atoms with E-state index in [9.17, 15) is 9.90 Å². The molecular formula is C16H29N3O2. The van der Waals surface area contributed by atoms with Crippen LogP contribution in [-0.4, -0.2) is 70.7 Å². The molecule has 21 heavy (non-hydrogen) atoms. The highest BCUT2D eigenvalue weighted by molar-refractivity contribution is 5.78. The number of nitrogens with one attached hydrogen (secondary N) is 1. The summed E-state index contributed by atoms with van der Waals surface area (Å²) in [5.41, 5.74) is -0.784. The first-order chi connectivity index (χ1) is 9.98. The molecule has 0 bridgehead atoms. The summed E-state index contributed by atoms with van der Waals surface area (Å²) in [5.74, 6) is -0.710. The minimum absolute atomic E-state index is 0.318. The van der Waals surface area contributed by atoms with Crippen LogP contribution in [0.15, 0.2) is 0 Å². The maximum atomic E-state index is 11.7. The standard InChI is InChI=1S/C16H29N3O2/c1-12(11-16(2,15(20)21)17-13-3-4-13)18-7-9-19(10-8-18)14-5-6-14/h12-14,17H,3-11H2,1-2H3,(H,20,21). The van der Waals surface area contributed by atoms with E-state index in [1.807, 2.05) is 6.92 Å². The third-order valence-electron chi connectivity index (χ3n) is 5.31. The van der Waals surface area contributed by atoms with Crippen LogP contribution in [0.1, 0.15) is 46.0 Å². The summed E-state index contributed by atoms with van der Waals surface area (Å²) in [6, 6.07) is 1.59. The van der Waals surface area contributed by atoms with Crippen molar-refractivity contribution in [1.29, 1.82) is 0 Å². The molecule has 0 radical (unpaired) electrons. The third-order valence-corrected chi connectivity index (χ3v) is 5.31. The van der Waals surface area contributed by atoms with E-state index in [0.29, 0.717) is 18.5 Å². The van der Waals surface area contributed by atoms with Gasteiger partial charge in [-0.05, 0) is 46.0 Å². The minimum atomic E-state index is -0.784. The summed E-state index contributed by atoms with van der Waals surface area (Å²) in [5, 5.41) is 12.9. The first-order valence-electron chi connectivity index (χ1n) is 8.47. The molecule has 0 aromatic heterocycles. The summed E-state index contributed by atoms with van der Waals surface area (Å²) >= 11 is 0. The van der Waals surface area contributed by atoms with Crippen LogP contribution < -0.4 is 5.32 Å². The molecule has 2 unspecified atom stereocenters. The normalized spacial score (nSPS) is 29.0. The second kappa shape index (κ2) is 5.86. The van der Waals surface area contributed by atoms with Gasteiger partial charge in [0.05, 0.1) is 0 Å². The average Bonchev–Trinajstić information content (AvgIpc) is 3.32. The SMILES string of the molecule is CC(CC(C)(NC1CC1)C(=O)O)N1CCN(C2CC2)CC1. The Bertz CT molecular complexity index is 387. The first-order valence-corrected chi connectivity index (χ1v) is 8.47. The predicted molar refractivity (Wildman–Crippen MR) is 82.4 cm³/mol. The lowest BCUT2D eigenvalue weighted by Gasteiger charge is -2.40. The third kappa shape index (κ3) is 3.76. The number of carboxylic acids is 1. The van der Waals surface area contributed by atoms with E-state index in [1.54, 1.807) is 0 Å². The molecule has 3 aliphatic rings. The number of carbonyl (C=O) groups is 1. The number of rotatable bonds is 7. The molecule has 5 nitrogen and oxygen atoms in total. The Morgan fingerprint density at radius 3 is 2.33 bits per heavy atom. The molecule has 2 saturated carbocycles. The smallest absolute Gasteiger partial charge is 0.323 e. The average molecular weight is 295 g/mol. The van der Waals surface area contributed by atoms with Gasteiger partial charge in [-0.25, -0.2) is 0 Å². The van der Waals surface area contributed by atoms with Gasteiger partial charge in [-0.15, -0.1) is 0 Å². The van der Waals surface area contributed by atoms with Crippen molar-refractivity contribution < 1.29 is 9.90 Å². The van der Waals surface area contributed by atoms with E-state index in [2.05, 4.69) is 22.0 Å². The lowest BCUT2D eigenvalue weighted by molar-refractivity contribution is -0.145. The molecule has 2 atom stereocenters. The van der Waals surface area contributed by atoms with Crippen LogP contribution in [0.3, 0.4) is 0 Å². The quantitative estimate of drug-likeness (QED) is 0.738.